The first-order valence-electron chi connectivity index (χ1n) is 49.1. The third-order valence-electron chi connectivity index (χ3n) is 24.9. The molecule has 0 aromatic heterocycles. The van der Waals surface area contributed by atoms with Crippen LogP contribution in [0.15, 0.2) is 271 Å². The topological polar surface area (TPSA) is 295 Å². The molecule has 12 aromatic carbocycles. The standard InChI is InChI=1S/C33H41N3O3.C32H39N3O4.C28H31N3O4.C25H24BrNO3.Na/c1-24-14-16-27(35(5)20-21-36-18-10-7-11-19-36)23-29(24)31(37)34-30-22-26(25-12-8-6-9-13-25)15-17-28(30)32(38)39-33(2,3)4;1-32(2,3)39-31(38)26-15-13-24(23-11-7-5-8-12-23)21-28(26)33-30(37)27-22-25(14-16-29(27)36)34(4)19-20-35-17-9-6-10-18-35;1-30(16-17-31-14-6-3-7-15-31)22-11-13-26(32)24(19-22)27(33)29-25-18-21(10-12-23(25)28(34)35)20-8-4-2-5-9-20;1-16-10-12-19(26)15-21(16)23(28)27-22-14-18(17-8-6-5-7-9-17)11-13-20(22)24(29)30-25(2,3)4;/h6,8-9,12-17,22-23H,7,10-11,18-21H2,1-5H3,(H,34,37);5,7-8,11-16,21-22,36H,6,9-10,17-20H2,1-4H3,(H,33,37);2,4-5,8-13,18-19,32H,3,6-7,14-17H2,1H3,(H,29,33)(H,34,35);5-15H,1-4H3,(H,27,28);/q;;;;+1/p-1. The van der Waals surface area contributed by atoms with E-state index in [2.05, 4.69) is 74.8 Å². The van der Waals surface area contributed by atoms with E-state index in [1.807, 2.05) is 250 Å². The maximum absolute atomic E-state index is 13.6. The number of likely N-dealkylation sites (tertiary alicyclic amines) is 3. The Labute approximate surface area is 878 Å². The number of phenolic OH excluding ortho intramolecular Hbond substituents is 2. The number of hydrogen-bond donors (Lipinski definition) is 6. The molecule has 3 aliphatic heterocycles. The van der Waals surface area contributed by atoms with E-state index in [9.17, 15) is 53.7 Å². The van der Waals surface area contributed by atoms with Crippen molar-refractivity contribution >= 4 is 103 Å². The van der Waals surface area contributed by atoms with Crippen molar-refractivity contribution in [3.8, 4) is 56.0 Å². The van der Waals surface area contributed by atoms with Crippen LogP contribution in [0.5, 0.6) is 11.5 Å². The van der Waals surface area contributed by atoms with Gasteiger partial charge in [0.2, 0.25) is 0 Å². The number of aromatic hydroxyl groups is 2. The quantitative estimate of drug-likeness (QED) is 0.0151. The number of nitrogens with zero attached hydrogens (tertiary/aromatic N) is 6. The molecular formula is C118H134BrN10NaO14. The number of aromatic carboxylic acids is 1. The summed E-state index contributed by atoms with van der Waals surface area (Å²) in [4.78, 5) is 118. The van der Waals surface area contributed by atoms with Crippen LogP contribution in [0.1, 0.15) is 214 Å². The summed E-state index contributed by atoms with van der Waals surface area (Å²) in [5.74, 6) is -4.83. The van der Waals surface area contributed by atoms with Gasteiger partial charge in [-0.05, 0) is 313 Å². The predicted molar refractivity (Wildman–Crippen MR) is 576 cm³/mol. The summed E-state index contributed by atoms with van der Waals surface area (Å²) < 4.78 is 17.6. The van der Waals surface area contributed by atoms with Gasteiger partial charge in [0.05, 0.1) is 56.5 Å². The molecule has 26 heteroatoms. The summed E-state index contributed by atoms with van der Waals surface area (Å²) in [6, 6.07) is 81.0. The Bertz CT molecular complexity index is 6210. The first-order chi connectivity index (χ1) is 68.3. The van der Waals surface area contributed by atoms with E-state index < -0.39 is 52.5 Å². The second kappa shape index (κ2) is 52.3. The molecule has 24 nitrogen and oxygen atoms in total. The van der Waals surface area contributed by atoms with Crippen molar-refractivity contribution in [2.24, 2.45) is 0 Å². The first-order valence-corrected chi connectivity index (χ1v) is 49.8. The van der Waals surface area contributed by atoms with E-state index in [0.717, 1.165) is 156 Å². The number of rotatable bonds is 28. The summed E-state index contributed by atoms with van der Waals surface area (Å²) in [6.07, 6.45) is 11.4. The molecule has 748 valence electrons. The van der Waals surface area contributed by atoms with Crippen LogP contribution < -0.4 is 70.6 Å². The van der Waals surface area contributed by atoms with Crippen LogP contribution in [0, 0.1) is 13.8 Å². The smallest absolute Gasteiger partial charge is 0.545 e. The SMILES string of the molecule is CN(CCN1CCCCC1)c1ccc(O)c(C(=O)Nc2cc(-c3ccccc3)ccc2C(=O)OC(C)(C)C)c1.CN(CCN1CCCCC1)c1ccc(O)c(C(=O)Nc2cc(-c3ccccc3)ccc2C(=O)[O-])c1.Cc1ccc(Br)cc1C(=O)Nc1cc(-c2ccccc2)ccc1C(=O)OC(C)(C)C.Cc1ccc(N(C)CCN2CCCCC2)cc1C(=O)Nc1cc(-c2ccccc2)ccc1C(=O)OC(C)(C)C.[Na+]. The van der Waals surface area contributed by atoms with Gasteiger partial charge in [-0.3, -0.25) is 19.2 Å². The number of halogens is 1. The zero-order chi connectivity index (χ0) is 103. The van der Waals surface area contributed by atoms with Gasteiger partial charge in [0.25, 0.3) is 23.6 Å². The molecule has 0 bridgehead atoms. The number of piperidine rings is 3. The van der Waals surface area contributed by atoms with Crippen molar-refractivity contribution in [3.63, 3.8) is 0 Å². The maximum atomic E-state index is 13.6. The van der Waals surface area contributed by atoms with Crippen molar-refractivity contribution in [2.75, 3.05) is 136 Å². The average molecular weight is 2020 g/mol. The van der Waals surface area contributed by atoms with Crippen LogP contribution in [0.4, 0.5) is 39.8 Å². The van der Waals surface area contributed by atoms with Gasteiger partial charge in [-0.15, -0.1) is 0 Å². The van der Waals surface area contributed by atoms with Gasteiger partial charge in [0.15, 0.2) is 0 Å². The Morgan fingerprint density at radius 2 is 0.562 bits per heavy atom. The molecule has 3 aliphatic rings. The van der Waals surface area contributed by atoms with E-state index in [4.69, 9.17) is 14.2 Å². The Morgan fingerprint density at radius 1 is 0.312 bits per heavy atom. The molecule has 6 N–H and O–H groups in total. The number of carboxylic acid groups (broad SMARTS) is 1. The number of nitrogens with one attached hydrogen (secondary N) is 4. The Morgan fingerprint density at radius 3 is 0.847 bits per heavy atom. The number of carbonyl (C=O) groups excluding carboxylic acids is 8. The molecule has 0 spiro atoms. The number of benzene rings is 12. The van der Waals surface area contributed by atoms with E-state index in [1.165, 1.54) is 76.0 Å². The van der Waals surface area contributed by atoms with Gasteiger partial charge in [-0.2, -0.15) is 0 Å². The summed E-state index contributed by atoms with van der Waals surface area (Å²) in [6.45, 7) is 32.3. The van der Waals surface area contributed by atoms with E-state index in [0.29, 0.717) is 39.3 Å². The minimum atomic E-state index is -1.39. The number of carboxylic acids is 1. The van der Waals surface area contributed by atoms with Crippen LogP contribution in [0.25, 0.3) is 44.5 Å². The van der Waals surface area contributed by atoms with E-state index in [-0.39, 0.29) is 80.8 Å². The molecule has 15 rings (SSSR count). The monoisotopic (exact) mass is 2020 g/mol. The van der Waals surface area contributed by atoms with Gasteiger partial charge < -0.3 is 85.0 Å². The number of phenols is 2. The number of esters is 3. The number of likely N-dealkylation sites (N-methyl/N-ethyl adjacent to an activating group) is 3. The van der Waals surface area contributed by atoms with Gasteiger partial charge in [-0.25, -0.2) is 14.4 Å². The number of amides is 4. The van der Waals surface area contributed by atoms with E-state index >= 15 is 0 Å². The van der Waals surface area contributed by atoms with Crippen molar-refractivity contribution in [2.45, 2.75) is 151 Å². The molecule has 0 saturated carbocycles. The summed E-state index contributed by atoms with van der Waals surface area (Å²) >= 11 is 3.41. The maximum Gasteiger partial charge on any atom is 1.00 e. The number of aryl methyl sites for hydroxylation is 2. The molecule has 4 amide bonds. The molecule has 3 fully saturated rings. The Balaban J connectivity index is 0.000000183. The second-order valence-electron chi connectivity index (χ2n) is 39.4. The number of ether oxygens (including phenoxy) is 3. The molecule has 12 aromatic rings. The van der Waals surface area contributed by atoms with Gasteiger partial charge in [-0.1, -0.05) is 199 Å². The third-order valence-corrected chi connectivity index (χ3v) is 25.4. The first kappa shape index (κ1) is 111. The zero-order valence-electron chi connectivity index (χ0n) is 85.6. The fourth-order valence-corrected chi connectivity index (χ4v) is 17.3. The van der Waals surface area contributed by atoms with Gasteiger partial charge >= 0.3 is 47.5 Å². The second-order valence-corrected chi connectivity index (χ2v) is 40.4. The predicted octanol–water partition coefficient (Wildman–Crippen LogP) is 20.2. The van der Waals surface area contributed by atoms with Crippen molar-refractivity contribution in [3.05, 3.63) is 327 Å². The average Bonchev–Trinajstić information content (AvgIpc) is 0.791. The molecule has 0 unspecified atom stereocenters. The fourth-order valence-electron chi connectivity index (χ4n) is 16.9. The van der Waals surface area contributed by atoms with Crippen molar-refractivity contribution in [1.29, 1.82) is 0 Å². The van der Waals surface area contributed by atoms with Crippen LogP contribution in [0.3, 0.4) is 0 Å². The molecule has 3 saturated heterocycles. The molecule has 0 atom stereocenters. The molecule has 3 heterocycles. The van der Waals surface area contributed by atoms with Crippen LogP contribution in [0.2, 0.25) is 0 Å². The molecular weight excluding hydrogens is 1880 g/mol. The van der Waals surface area contributed by atoms with Crippen LogP contribution in [-0.4, -0.2) is 189 Å². The van der Waals surface area contributed by atoms with Gasteiger partial charge in [0.1, 0.15) is 28.3 Å². The number of hydrogen-bond acceptors (Lipinski definition) is 20. The largest absolute Gasteiger partial charge is 1.00 e. The van der Waals surface area contributed by atoms with Crippen molar-refractivity contribution < 1.29 is 97.4 Å². The van der Waals surface area contributed by atoms with Crippen molar-refractivity contribution in [1.82, 2.24) is 14.7 Å². The zero-order valence-corrected chi connectivity index (χ0v) is 89.2. The fraction of sp³-hybridized carbons (Fsp3) is 0.322. The summed E-state index contributed by atoms with van der Waals surface area (Å²) in [5.41, 5.74) is 12.9. The number of anilines is 7. The minimum Gasteiger partial charge on any atom is -0.545 e. The van der Waals surface area contributed by atoms with E-state index in [1.54, 1.807) is 87.5 Å². The molecule has 0 radical (unpaired) electrons. The van der Waals surface area contributed by atoms with Crippen LogP contribution >= 0.6 is 15.9 Å². The molecule has 144 heavy (non-hydrogen) atoms. The number of carbonyl (C=O) groups is 8. The Kier molecular flexibility index (Phi) is 40.4. The molecule has 0 aliphatic carbocycles. The summed E-state index contributed by atoms with van der Waals surface area (Å²) in [7, 11) is 6.01. The minimum absolute atomic E-state index is 0. The third kappa shape index (κ3) is 32.9. The van der Waals surface area contributed by atoms with Gasteiger partial charge in [0, 0.05) is 98.6 Å². The summed E-state index contributed by atoms with van der Waals surface area (Å²) in [5, 5.41) is 44.1. The normalized spacial score (nSPS) is 13.3. The van der Waals surface area contributed by atoms with Crippen LogP contribution in [-0.2, 0) is 14.2 Å². The Hall–Kier alpha value is -13.2.